The molecule has 0 aromatic heterocycles. The average Bonchev–Trinajstić information content (AvgIpc) is 2.28. The van der Waals surface area contributed by atoms with Gasteiger partial charge in [0.25, 0.3) is 5.91 Å². The molecule has 4 heteroatoms. The summed E-state index contributed by atoms with van der Waals surface area (Å²) >= 11 is 0. The molecule has 1 aliphatic rings. The summed E-state index contributed by atoms with van der Waals surface area (Å²) in [6.07, 6.45) is 3.01. The number of phenolic OH excluding ortho intramolecular Hbond substituents is 1. The molecule has 1 N–H and O–H groups in total. The first-order valence-corrected chi connectivity index (χ1v) is 6.32. The summed E-state index contributed by atoms with van der Waals surface area (Å²) in [7, 11) is 0. The standard InChI is InChI=1S/C14H18FNO2/c1-9-4-3-5-10(2)16(9)14(18)12-7-6-11(17)8-13(12)15/h6-10,17H,3-5H2,1-2H3. The molecule has 3 nitrogen and oxygen atoms in total. The van der Waals surface area contributed by atoms with E-state index < -0.39 is 5.82 Å². The minimum atomic E-state index is -0.662. The maximum absolute atomic E-state index is 13.7. The highest BCUT2D eigenvalue weighted by Crippen LogP contribution is 2.26. The number of hydrogen-bond donors (Lipinski definition) is 1. The number of likely N-dealkylation sites (tertiary alicyclic amines) is 1. The molecule has 2 atom stereocenters. The SMILES string of the molecule is CC1CCCC(C)N1C(=O)c1ccc(O)cc1F. The summed E-state index contributed by atoms with van der Waals surface area (Å²) in [4.78, 5) is 14.1. The minimum absolute atomic E-state index is 0.0356. The van der Waals surface area contributed by atoms with Gasteiger partial charge in [0.2, 0.25) is 0 Å². The highest BCUT2D eigenvalue weighted by Gasteiger charge is 2.30. The highest BCUT2D eigenvalue weighted by atomic mass is 19.1. The molecule has 0 spiro atoms. The number of amides is 1. The Labute approximate surface area is 106 Å². The van der Waals surface area contributed by atoms with Gasteiger partial charge < -0.3 is 10.0 Å². The molecule has 1 aromatic carbocycles. The monoisotopic (exact) mass is 251 g/mol. The summed E-state index contributed by atoms with van der Waals surface area (Å²) in [5, 5.41) is 9.17. The molecule has 1 aromatic rings. The summed E-state index contributed by atoms with van der Waals surface area (Å²) in [5.41, 5.74) is 0.0356. The van der Waals surface area contributed by atoms with Gasteiger partial charge in [-0.25, -0.2) is 4.39 Å². The number of nitrogens with zero attached hydrogens (tertiary/aromatic N) is 1. The van der Waals surface area contributed by atoms with E-state index in [1.165, 1.54) is 12.1 Å². The largest absolute Gasteiger partial charge is 0.508 e. The van der Waals surface area contributed by atoms with E-state index >= 15 is 0 Å². The van der Waals surface area contributed by atoms with Crippen molar-refractivity contribution >= 4 is 5.91 Å². The Bertz CT molecular complexity index is 451. The summed E-state index contributed by atoms with van der Waals surface area (Å²) < 4.78 is 13.7. The van der Waals surface area contributed by atoms with Gasteiger partial charge >= 0.3 is 0 Å². The number of rotatable bonds is 1. The molecular weight excluding hydrogens is 233 g/mol. The molecular formula is C14H18FNO2. The molecule has 1 aliphatic heterocycles. The van der Waals surface area contributed by atoms with Gasteiger partial charge in [-0.3, -0.25) is 4.79 Å². The molecule has 0 bridgehead atoms. The first kappa shape index (κ1) is 12.9. The van der Waals surface area contributed by atoms with E-state index in [9.17, 15) is 9.18 Å². The Kier molecular flexibility index (Phi) is 3.55. The van der Waals surface area contributed by atoms with Crippen molar-refractivity contribution in [1.29, 1.82) is 0 Å². The van der Waals surface area contributed by atoms with Crippen LogP contribution in [0.5, 0.6) is 5.75 Å². The third kappa shape index (κ3) is 2.33. The lowest BCUT2D eigenvalue weighted by Gasteiger charge is -2.39. The predicted molar refractivity (Wildman–Crippen MR) is 67.0 cm³/mol. The van der Waals surface area contributed by atoms with Crippen LogP contribution in [0, 0.1) is 5.82 Å². The van der Waals surface area contributed by atoms with Crippen LogP contribution >= 0.6 is 0 Å². The van der Waals surface area contributed by atoms with Gasteiger partial charge in [-0.1, -0.05) is 0 Å². The zero-order valence-corrected chi connectivity index (χ0v) is 10.7. The van der Waals surface area contributed by atoms with E-state index in [2.05, 4.69) is 0 Å². The van der Waals surface area contributed by atoms with Crippen molar-refractivity contribution in [2.45, 2.75) is 45.2 Å². The molecule has 0 saturated carbocycles. The Balaban J connectivity index is 2.29. The maximum Gasteiger partial charge on any atom is 0.257 e. The second-order valence-electron chi connectivity index (χ2n) is 5.01. The summed E-state index contributed by atoms with van der Waals surface area (Å²) in [5.74, 6) is -1.11. The Morgan fingerprint density at radius 3 is 2.50 bits per heavy atom. The van der Waals surface area contributed by atoms with Crippen LogP contribution in [0.4, 0.5) is 4.39 Å². The average molecular weight is 251 g/mol. The fraction of sp³-hybridized carbons (Fsp3) is 0.500. The van der Waals surface area contributed by atoms with E-state index in [1.807, 2.05) is 13.8 Å². The highest BCUT2D eigenvalue weighted by molar-refractivity contribution is 5.95. The first-order chi connectivity index (χ1) is 8.50. The number of carbonyl (C=O) groups is 1. The minimum Gasteiger partial charge on any atom is -0.508 e. The molecule has 0 aliphatic carbocycles. The van der Waals surface area contributed by atoms with E-state index in [1.54, 1.807) is 4.90 Å². The van der Waals surface area contributed by atoms with Gasteiger partial charge in [-0.05, 0) is 45.2 Å². The van der Waals surface area contributed by atoms with Gasteiger partial charge in [0.05, 0.1) is 5.56 Å². The van der Waals surface area contributed by atoms with Gasteiger partial charge in [0.15, 0.2) is 0 Å². The third-order valence-electron chi connectivity index (χ3n) is 3.61. The number of piperidine rings is 1. The number of benzene rings is 1. The normalized spacial score (nSPS) is 24.1. The molecule has 2 rings (SSSR count). The number of halogens is 1. The van der Waals surface area contributed by atoms with Crippen molar-refractivity contribution in [3.05, 3.63) is 29.6 Å². The molecule has 1 saturated heterocycles. The van der Waals surface area contributed by atoms with Crippen molar-refractivity contribution in [3.8, 4) is 5.75 Å². The van der Waals surface area contributed by atoms with Crippen LogP contribution in [0.2, 0.25) is 0 Å². The lowest BCUT2D eigenvalue weighted by atomic mass is 9.96. The molecule has 1 heterocycles. The van der Waals surface area contributed by atoms with E-state index in [4.69, 9.17) is 5.11 Å². The van der Waals surface area contributed by atoms with Crippen molar-refractivity contribution in [3.63, 3.8) is 0 Å². The maximum atomic E-state index is 13.7. The molecule has 18 heavy (non-hydrogen) atoms. The number of aromatic hydroxyl groups is 1. The van der Waals surface area contributed by atoms with Crippen molar-refractivity contribution < 1.29 is 14.3 Å². The van der Waals surface area contributed by atoms with Crippen LogP contribution in [0.3, 0.4) is 0 Å². The van der Waals surface area contributed by atoms with Gasteiger partial charge in [-0.15, -0.1) is 0 Å². The zero-order chi connectivity index (χ0) is 13.3. The lowest BCUT2D eigenvalue weighted by Crippen LogP contribution is -2.47. The van der Waals surface area contributed by atoms with E-state index in [0.717, 1.165) is 25.3 Å². The first-order valence-electron chi connectivity index (χ1n) is 6.32. The fourth-order valence-corrected chi connectivity index (χ4v) is 2.64. The molecule has 2 unspecified atom stereocenters. The van der Waals surface area contributed by atoms with Crippen molar-refractivity contribution in [2.24, 2.45) is 0 Å². The van der Waals surface area contributed by atoms with Gasteiger partial charge in [0, 0.05) is 18.2 Å². The Morgan fingerprint density at radius 1 is 1.33 bits per heavy atom. The van der Waals surface area contributed by atoms with Gasteiger partial charge in [-0.2, -0.15) is 0 Å². The van der Waals surface area contributed by atoms with Crippen LogP contribution in [-0.4, -0.2) is 28.0 Å². The Morgan fingerprint density at radius 2 is 1.94 bits per heavy atom. The smallest absolute Gasteiger partial charge is 0.257 e. The summed E-state index contributed by atoms with van der Waals surface area (Å²) in [6, 6.07) is 3.94. The van der Waals surface area contributed by atoms with Crippen molar-refractivity contribution in [2.75, 3.05) is 0 Å². The number of carbonyl (C=O) groups excluding carboxylic acids is 1. The number of phenols is 1. The summed E-state index contributed by atoms with van der Waals surface area (Å²) in [6.45, 7) is 3.98. The Hall–Kier alpha value is -1.58. The van der Waals surface area contributed by atoms with E-state index in [0.29, 0.717) is 0 Å². The van der Waals surface area contributed by atoms with Crippen molar-refractivity contribution in [1.82, 2.24) is 4.90 Å². The van der Waals surface area contributed by atoms with Gasteiger partial charge in [0.1, 0.15) is 11.6 Å². The lowest BCUT2D eigenvalue weighted by molar-refractivity contribution is 0.0506. The zero-order valence-electron chi connectivity index (χ0n) is 10.7. The fourth-order valence-electron chi connectivity index (χ4n) is 2.64. The molecule has 98 valence electrons. The second-order valence-corrected chi connectivity index (χ2v) is 5.01. The molecule has 0 radical (unpaired) electrons. The second kappa shape index (κ2) is 4.96. The van der Waals surface area contributed by atoms with Crippen LogP contribution in [0.1, 0.15) is 43.5 Å². The van der Waals surface area contributed by atoms with Crippen LogP contribution in [-0.2, 0) is 0 Å². The molecule has 1 amide bonds. The quantitative estimate of drug-likeness (QED) is 0.833. The topological polar surface area (TPSA) is 40.5 Å². The predicted octanol–water partition coefficient (Wildman–Crippen LogP) is 2.93. The number of hydrogen-bond acceptors (Lipinski definition) is 2. The van der Waals surface area contributed by atoms with Crippen LogP contribution < -0.4 is 0 Å². The van der Waals surface area contributed by atoms with Crippen LogP contribution in [0.15, 0.2) is 18.2 Å². The molecule has 1 fully saturated rings. The van der Waals surface area contributed by atoms with E-state index in [-0.39, 0.29) is 29.3 Å². The third-order valence-corrected chi connectivity index (χ3v) is 3.61. The van der Waals surface area contributed by atoms with Crippen LogP contribution in [0.25, 0.3) is 0 Å².